The van der Waals surface area contributed by atoms with Gasteiger partial charge < -0.3 is 10.2 Å². The van der Waals surface area contributed by atoms with Gasteiger partial charge in [0.25, 0.3) is 5.91 Å². The molecule has 0 spiro atoms. The molecule has 0 atom stereocenters. The maximum Gasteiger partial charge on any atom is 0.265 e. The minimum absolute atomic E-state index is 0.0659. The predicted molar refractivity (Wildman–Crippen MR) is 105 cm³/mol. The molecule has 1 aromatic heterocycles. The third kappa shape index (κ3) is 4.08. The van der Waals surface area contributed by atoms with Crippen LogP contribution < -0.4 is 10.2 Å². The molecule has 0 aliphatic carbocycles. The van der Waals surface area contributed by atoms with Crippen LogP contribution in [0.3, 0.4) is 0 Å². The summed E-state index contributed by atoms with van der Waals surface area (Å²) in [7, 11) is -0.750. The Labute approximate surface area is 166 Å². The quantitative estimate of drug-likeness (QED) is 0.646. The van der Waals surface area contributed by atoms with E-state index in [0.29, 0.717) is 21.7 Å². The molecule has 11 heteroatoms. The fraction of sp³-hybridized carbons (Fsp3) is 0.235. The van der Waals surface area contributed by atoms with Crippen molar-refractivity contribution in [2.24, 2.45) is 0 Å². The SMILES string of the molecule is Cc1ccc(Cl)cc1NC(=O)COn1nnc2ccc(S(=O)(=O)N(C)C)cc21. The van der Waals surface area contributed by atoms with Crippen LogP contribution in [0.4, 0.5) is 5.69 Å². The van der Waals surface area contributed by atoms with Gasteiger partial charge in [0.15, 0.2) is 6.61 Å². The molecule has 3 rings (SSSR count). The van der Waals surface area contributed by atoms with E-state index in [0.717, 1.165) is 14.7 Å². The molecule has 0 radical (unpaired) electrons. The molecule has 9 nitrogen and oxygen atoms in total. The normalized spacial score (nSPS) is 11.8. The van der Waals surface area contributed by atoms with Gasteiger partial charge in [-0.15, -0.1) is 5.10 Å². The Morgan fingerprint density at radius 1 is 1.25 bits per heavy atom. The molecule has 0 unspecified atom stereocenters. The Balaban J connectivity index is 1.77. The Bertz CT molecular complexity index is 1140. The van der Waals surface area contributed by atoms with E-state index in [1.54, 1.807) is 18.2 Å². The second-order valence-electron chi connectivity index (χ2n) is 6.18. The summed E-state index contributed by atoms with van der Waals surface area (Å²) in [5.74, 6) is -0.425. The molecule has 0 bridgehead atoms. The number of rotatable bonds is 6. The molecule has 3 aromatic rings. The summed E-state index contributed by atoms with van der Waals surface area (Å²) >= 11 is 5.94. The third-order valence-corrected chi connectivity index (χ3v) is 6.00. The first-order valence-electron chi connectivity index (χ1n) is 8.16. The standard InChI is InChI=1S/C17H18ClN5O4S/c1-11-4-5-12(18)8-15(11)19-17(24)10-27-23-16-9-13(28(25,26)22(2)3)6-7-14(16)20-21-23/h4-9H,10H2,1-3H3,(H,19,24). The zero-order chi connectivity index (χ0) is 20.5. The third-order valence-electron chi connectivity index (χ3n) is 3.96. The lowest BCUT2D eigenvalue weighted by Crippen LogP contribution is -2.26. The zero-order valence-electron chi connectivity index (χ0n) is 15.4. The molecule has 0 saturated heterocycles. The largest absolute Gasteiger partial charge is 0.385 e. The molecule has 28 heavy (non-hydrogen) atoms. The maximum atomic E-state index is 12.3. The van der Waals surface area contributed by atoms with Crippen LogP contribution in [-0.4, -0.2) is 54.5 Å². The molecule has 1 heterocycles. The number of carbonyl (C=O) groups is 1. The number of hydrogen-bond acceptors (Lipinski definition) is 6. The lowest BCUT2D eigenvalue weighted by Gasteiger charge is -2.12. The first-order valence-corrected chi connectivity index (χ1v) is 9.97. The van der Waals surface area contributed by atoms with Crippen molar-refractivity contribution in [1.29, 1.82) is 0 Å². The van der Waals surface area contributed by atoms with E-state index in [4.69, 9.17) is 16.4 Å². The number of carbonyl (C=O) groups excluding carboxylic acids is 1. The lowest BCUT2D eigenvalue weighted by atomic mass is 10.2. The summed E-state index contributed by atoms with van der Waals surface area (Å²) in [5, 5.41) is 10.9. The number of aromatic nitrogens is 3. The number of benzene rings is 2. The molecule has 0 fully saturated rings. The smallest absolute Gasteiger partial charge is 0.265 e. The molecule has 0 saturated carbocycles. The first-order chi connectivity index (χ1) is 13.2. The summed E-state index contributed by atoms with van der Waals surface area (Å²) in [4.78, 5) is 18.6. The fourth-order valence-corrected chi connectivity index (χ4v) is 3.47. The summed E-state index contributed by atoms with van der Waals surface area (Å²) in [6.45, 7) is 1.49. The van der Waals surface area contributed by atoms with Gasteiger partial charge in [-0.3, -0.25) is 4.79 Å². The number of nitrogens with zero attached hydrogens (tertiary/aromatic N) is 4. The number of aryl methyl sites for hydroxylation is 1. The number of fused-ring (bicyclic) bond motifs is 1. The van der Waals surface area contributed by atoms with Crippen LogP contribution in [0.1, 0.15) is 5.56 Å². The Morgan fingerprint density at radius 2 is 2.00 bits per heavy atom. The average Bonchev–Trinajstić information content (AvgIpc) is 3.05. The van der Waals surface area contributed by atoms with E-state index in [-0.39, 0.29) is 11.5 Å². The van der Waals surface area contributed by atoms with Crippen molar-refractivity contribution >= 4 is 44.3 Å². The van der Waals surface area contributed by atoms with Gasteiger partial charge >= 0.3 is 0 Å². The number of anilines is 1. The number of sulfonamides is 1. The van der Waals surface area contributed by atoms with Gasteiger partial charge in [-0.25, -0.2) is 12.7 Å². The van der Waals surface area contributed by atoms with Gasteiger partial charge in [-0.1, -0.05) is 22.5 Å². The summed E-state index contributed by atoms with van der Waals surface area (Å²) in [6, 6.07) is 9.50. The maximum absolute atomic E-state index is 12.3. The first kappa shape index (κ1) is 20.1. The minimum Gasteiger partial charge on any atom is -0.385 e. The van der Waals surface area contributed by atoms with Gasteiger partial charge in [0, 0.05) is 24.8 Å². The van der Waals surface area contributed by atoms with Crippen molar-refractivity contribution in [3.8, 4) is 0 Å². The van der Waals surface area contributed by atoms with Crippen molar-refractivity contribution in [2.45, 2.75) is 11.8 Å². The highest BCUT2D eigenvalue weighted by molar-refractivity contribution is 7.89. The van der Waals surface area contributed by atoms with Crippen LogP contribution in [-0.2, 0) is 14.8 Å². The van der Waals surface area contributed by atoms with Gasteiger partial charge in [-0.2, -0.15) is 0 Å². The van der Waals surface area contributed by atoms with Crippen LogP contribution >= 0.6 is 11.6 Å². The molecule has 0 aliphatic rings. The second-order valence-corrected chi connectivity index (χ2v) is 8.77. The van der Waals surface area contributed by atoms with Crippen LogP contribution in [0, 0.1) is 6.92 Å². The number of halogens is 1. The zero-order valence-corrected chi connectivity index (χ0v) is 17.0. The highest BCUT2D eigenvalue weighted by Gasteiger charge is 2.19. The van der Waals surface area contributed by atoms with E-state index in [9.17, 15) is 13.2 Å². The van der Waals surface area contributed by atoms with Gasteiger partial charge in [-0.05, 0) is 48.0 Å². The van der Waals surface area contributed by atoms with Crippen molar-refractivity contribution in [3.05, 3.63) is 47.0 Å². The molecule has 2 aromatic carbocycles. The van der Waals surface area contributed by atoms with Gasteiger partial charge in [0.2, 0.25) is 10.0 Å². The summed E-state index contributed by atoms with van der Waals surface area (Å²) < 4.78 is 25.7. The van der Waals surface area contributed by atoms with Crippen LogP contribution in [0.5, 0.6) is 0 Å². The van der Waals surface area contributed by atoms with Crippen LogP contribution in [0.2, 0.25) is 5.02 Å². The fourth-order valence-electron chi connectivity index (χ4n) is 2.38. The van der Waals surface area contributed by atoms with E-state index in [1.807, 2.05) is 6.92 Å². The van der Waals surface area contributed by atoms with Gasteiger partial charge in [0.05, 0.1) is 4.90 Å². The van der Waals surface area contributed by atoms with E-state index in [1.165, 1.54) is 32.3 Å². The molecule has 1 amide bonds. The monoisotopic (exact) mass is 423 g/mol. The Morgan fingerprint density at radius 3 is 2.71 bits per heavy atom. The summed E-state index contributed by atoms with van der Waals surface area (Å²) in [5.41, 5.74) is 2.19. The molecule has 148 valence electrons. The van der Waals surface area contributed by atoms with Crippen molar-refractivity contribution < 1.29 is 18.0 Å². The highest BCUT2D eigenvalue weighted by atomic mass is 35.5. The molecular formula is C17H18ClN5O4S. The lowest BCUT2D eigenvalue weighted by molar-refractivity contribution is -0.121. The highest BCUT2D eigenvalue weighted by Crippen LogP contribution is 2.20. The summed E-state index contributed by atoms with van der Waals surface area (Å²) in [6.07, 6.45) is 0. The number of hydrogen-bond donors (Lipinski definition) is 1. The average molecular weight is 424 g/mol. The van der Waals surface area contributed by atoms with Crippen molar-refractivity contribution in [3.63, 3.8) is 0 Å². The van der Waals surface area contributed by atoms with E-state index in [2.05, 4.69) is 15.6 Å². The number of amides is 1. The van der Waals surface area contributed by atoms with E-state index >= 15 is 0 Å². The molecule has 1 N–H and O–H groups in total. The van der Waals surface area contributed by atoms with Crippen molar-refractivity contribution in [2.75, 3.05) is 26.0 Å². The van der Waals surface area contributed by atoms with E-state index < -0.39 is 15.9 Å². The predicted octanol–water partition coefficient (Wildman–Crippen LogP) is 1.71. The second kappa shape index (κ2) is 7.74. The van der Waals surface area contributed by atoms with Crippen LogP contribution in [0.15, 0.2) is 41.3 Å². The Hall–Kier alpha value is -2.69. The number of nitrogens with one attached hydrogen (secondary N) is 1. The minimum atomic E-state index is -3.63. The molecule has 0 aliphatic heterocycles. The Kier molecular flexibility index (Phi) is 5.54. The van der Waals surface area contributed by atoms with Crippen LogP contribution in [0.25, 0.3) is 11.0 Å². The van der Waals surface area contributed by atoms with Crippen molar-refractivity contribution in [1.82, 2.24) is 19.5 Å². The topological polar surface area (TPSA) is 106 Å². The molecular weight excluding hydrogens is 406 g/mol. The van der Waals surface area contributed by atoms with Gasteiger partial charge in [0.1, 0.15) is 11.0 Å².